The van der Waals surface area contributed by atoms with Crippen molar-refractivity contribution < 1.29 is 19.1 Å². The largest absolute Gasteiger partial charge is 0.450 e. The lowest BCUT2D eigenvalue weighted by Gasteiger charge is -2.34. The predicted octanol–water partition coefficient (Wildman–Crippen LogP) is 3.82. The molecule has 2 saturated heterocycles. The van der Waals surface area contributed by atoms with E-state index < -0.39 is 0 Å². The first-order chi connectivity index (χ1) is 16.5. The van der Waals surface area contributed by atoms with Crippen LogP contribution in [-0.2, 0) is 9.53 Å². The van der Waals surface area contributed by atoms with E-state index in [-0.39, 0.29) is 35.3 Å². The summed E-state index contributed by atoms with van der Waals surface area (Å²) >= 11 is 0. The highest BCUT2D eigenvalue weighted by atomic mass is 16.6. The van der Waals surface area contributed by atoms with E-state index in [4.69, 9.17) is 4.74 Å². The molecule has 0 bridgehead atoms. The molecule has 1 N–H and O–H groups in total. The predicted molar refractivity (Wildman–Crippen MR) is 129 cm³/mol. The Labute approximate surface area is 200 Å². The van der Waals surface area contributed by atoms with Crippen molar-refractivity contribution in [3.05, 3.63) is 48.0 Å². The zero-order chi connectivity index (χ0) is 23.7. The van der Waals surface area contributed by atoms with E-state index in [2.05, 4.69) is 5.32 Å². The number of likely N-dealkylation sites (tertiary alicyclic amines) is 2. The van der Waals surface area contributed by atoms with E-state index in [1.807, 2.05) is 47.4 Å². The molecule has 3 fully saturated rings. The van der Waals surface area contributed by atoms with Crippen molar-refractivity contribution in [3.63, 3.8) is 0 Å². The number of hydrogen-bond donors (Lipinski definition) is 1. The second-order valence-electron chi connectivity index (χ2n) is 9.91. The van der Waals surface area contributed by atoms with Crippen molar-refractivity contribution in [2.75, 3.05) is 32.8 Å². The Morgan fingerprint density at radius 2 is 1.68 bits per heavy atom. The molecule has 3 aliphatic rings. The molecule has 2 aromatic rings. The maximum atomic E-state index is 13.2. The number of piperidine rings is 2. The first-order valence-corrected chi connectivity index (χ1v) is 12.5. The fraction of sp³-hybridized carbons (Fsp3) is 0.519. The van der Waals surface area contributed by atoms with Gasteiger partial charge in [0.1, 0.15) is 0 Å². The highest BCUT2D eigenvalue weighted by molar-refractivity contribution is 6.07. The van der Waals surface area contributed by atoms with Crippen LogP contribution in [0, 0.1) is 11.3 Å². The molecule has 7 heteroatoms. The third kappa shape index (κ3) is 4.36. The number of nitrogens with zero attached hydrogens (tertiary/aromatic N) is 2. The summed E-state index contributed by atoms with van der Waals surface area (Å²) in [7, 11) is 0. The van der Waals surface area contributed by atoms with Crippen LogP contribution in [0.1, 0.15) is 49.4 Å². The average molecular weight is 464 g/mol. The van der Waals surface area contributed by atoms with Gasteiger partial charge in [0.05, 0.1) is 6.61 Å². The Kier molecular flexibility index (Phi) is 6.19. The van der Waals surface area contributed by atoms with Crippen LogP contribution in [0.25, 0.3) is 10.8 Å². The molecular weight excluding hydrogens is 430 g/mol. The Morgan fingerprint density at radius 3 is 2.41 bits per heavy atom. The van der Waals surface area contributed by atoms with Gasteiger partial charge in [-0.1, -0.05) is 36.4 Å². The number of benzene rings is 2. The monoisotopic (exact) mass is 463 g/mol. The molecule has 1 saturated carbocycles. The standard InChI is InChI=1S/C27H33N3O4/c1-2-34-26(33)30-14-10-20(11-15-30)28-24(31)23-18-27(23)12-16-29(17-13-27)25(32)22-9-5-7-19-6-3-4-8-21(19)22/h3-9,20,23H,2,10-18H2,1H3,(H,28,31). The molecule has 180 valence electrons. The molecule has 7 nitrogen and oxygen atoms in total. The number of carbonyl (C=O) groups is 3. The summed E-state index contributed by atoms with van der Waals surface area (Å²) in [5, 5.41) is 5.30. The zero-order valence-electron chi connectivity index (χ0n) is 19.8. The minimum absolute atomic E-state index is 0.0467. The average Bonchev–Trinajstić information content (AvgIpc) is 3.57. The van der Waals surface area contributed by atoms with Crippen LogP contribution in [-0.4, -0.2) is 66.5 Å². The first-order valence-electron chi connectivity index (χ1n) is 12.5. The molecule has 0 radical (unpaired) electrons. The second kappa shape index (κ2) is 9.28. The molecule has 1 atom stereocenters. The number of amides is 3. The summed E-state index contributed by atoms with van der Waals surface area (Å²) in [6.07, 6.45) is 3.93. The van der Waals surface area contributed by atoms with Crippen LogP contribution in [0.2, 0.25) is 0 Å². The van der Waals surface area contributed by atoms with E-state index >= 15 is 0 Å². The van der Waals surface area contributed by atoms with E-state index in [1.165, 1.54) is 0 Å². The number of hydrogen-bond acceptors (Lipinski definition) is 4. The summed E-state index contributed by atoms with van der Waals surface area (Å²) < 4.78 is 5.07. The Bertz CT molecular complexity index is 1080. The van der Waals surface area contributed by atoms with Crippen LogP contribution >= 0.6 is 0 Å². The summed E-state index contributed by atoms with van der Waals surface area (Å²) in [5.74, 6) is 0.274. The fourth-order valence-electron chi connectivity index (χ4n) is 5.73. The van der Waals surface area contributed by atoms with Gasteiger partial charge in [0.25, 0.3) is 5.91 Å². The number of ether oxygens (including phenoxy) is 1. The van der Waals surface area contributed by atoms with Crippen molar-refractivity contribution in [2.45, 2.75) is 45.1 Å². The van der Waals surface area contributed by atoms with Crippen LogP contribution < -0.4 is 5.32 Å². The third-order valence-electron chi connectivity index (χ3n) is 7.94. The van der Waals surface area contributed by atoms with Crippen molar-refractivity contribution in [3.8, 4) is 0 Å². The normalized spacial score (nSPS) is 22.0. The SMILES string of the molecule is CCOC(=O)N1CCC(NC(=O)C2CC23CCN(C(=O)c2cccc4ccccc24)CC3)CC1. The lowest BCUT2D eigenvalue weighted by Crippen LogP contribution is -2.47. The number of rotatable bonds is 4. The molecule has 2 aromatic carbocycles. The maximum Gasteiger partial charge on any atom is 0.409 e. The van der Waals surface area contributed by atoms with Gasteiger partial charge in [-0.15, -0.1) is 0 Å². The minimum Gasteiger partial charge on any atom is -0.450 e. The third-order valence-corrected chi connectivity index (χ3v) is 7.94. The Hall–Kier alpha value is -3.09. The quantitative estimate of drug-likeness (QED) is 0.748. The summed E-state index contributed by atoms with van der Waals surface area (Å²) in [5.41, 5.74) is 0.805. The number of nitrogens with one attached hydrogen (secondary N) is 1. The number of carbonyl (C=O) groups excluding carboxylic acids is 3. The molecule has 1 aliphatic carbocycles. The molecule has 0 aromatic heterocycles. The molecule has 2 heterocycles. The van der Waals surface area contributed by atoms with E-state index in [0.717, 1.165) is 48.4 Å². The summed E-state index contributed by atoms with van der Waals surface area (Å²) in [6, 6.07) is 14.0. The topological polar surface area (TPSA) is 79.0 Å². The lowest BCUT2D eigenvalue weighted by atomic mass is 9.90. The lowest BCUT2D eigenvalue weighted by molar-refractivity contribution is -0.124. The van der Waals surface area contributed by atoms with Crippen LogP contribution in [0.5, 0.6) is 0 Å². The molecule has 2 aliphatic heterocycles. The molecular formula is C27H33N3O4. The highest BCUT2D eigenvalue weighted by Gasteiger charge is 2.58. The van der Waals surface area contributed by atoms with Crippen LogP contribution in [0.3, 0.4) is 0 Å². The highest BCUT2D eigenvalue weighted by Crippen LogP contribution is 2.59. The molecule has 1 unspecified atom stereocenters. The summed E-state index contributed by atoms with van der Waals surface area (Å²) in [4.78, 5) is 41.7. The van der Waals surface area contributed by atoms with Crippen molar-refractivity contribution in [2.24, 2.45) is 11.3 Å². The van der Waals surface area contributed by atoms with Gasteiger partial charge in [0.15, 0.2) is 0 Å². The van der Waals surface area contributed by atoms with E-state index in [1.54, 1.807) is 11.8 Å². The van der Waals surface area contributed by atoms with Gasteiger partial charge < -0.3 is 19.9 Å². The molecule has 5 rings (SSSR count). The second-order valence-corrected chi connectivity index (χ2v) is 9.91. The molecule has 34 heavy (non-hydrogen) atoms. The van der Waals surface area contributed by atoms with Crippen molar-refractivity contribution >= 4 is 28.7 Å². The number of fused-ring (bicyclic) bond motifs is 1. The van der Waals surface area contributed by atoms with Gasteiger partial charge in [-0.05, 0) is 61.3 Å². The minimum atomic E-state index is -0.266. The van der Waals surface area contributed by atoms with E-state index in [0.29, 0.717) is 32.8 Å². The van der Waals surface area contributed by atoms with Gasteiger partial charge in [-0.3, -0.25) is 9.59 Å². The molecule has 3 amide bonds. The zero-order valence-corrected chi connectivity index (χ0v) is 19.8. The fourth-order valence-corrected chi connectivity index (χ4v) is 5.73. The first kappa shape index (κ1) is 22.7. The summed E-state index contributed by atoms with van der Waals surface area (Å²) in [6.45, 7) is 4.81. The Morgan fingerprint density at radius 1 is 0.971 bits per heavy atom. The van der Waals surface area contributed by atoms with Gasteiger partial charge in [-0.2, -0.15) is 0 Å². The van der Waals surface area contributed by atoms with E-state index in [9.17, 15) is 14.4 Å². The van der Waals surface area contributed by atoms with Gasteiger partial charge in [0, 0.05) is 43.7 Å². The Balaban J connectivity index is 1.12. The van der Waals surface area contributed by atoms with Crippen LogP contribution in [0.4, 0.5) is 4.79 Å². The van der Waals surface area contributed by atoms with Gasteiger partial charge >= 0.3 is 6.09 Å². The van der Waals surface area contributed by atoms with Crippen LogP contribution in [0.15, 0.2) is 42.5 Å². The van der Waals surface area contributed by atoms with Crippen molar-refractivity contribution in [1.29, 1.82) is 0 Å². The van der Waals surface area contributed by atoms with Gasteiger partial charge in [-0.25, -0.2) is 4.79 Å². The van der Waals surface area contributed by atoms with Gasteiger partial charge in [0.2, 0.25) is 5.91 Å². The molecule has 1 spiro atoms. The van der Waals surface area contributed by atoms with Crippen molar-refractivity contribution in [1.82, 2.24) is 15.1 Å². The smallest absolute Gasteiger partial charge is 0.409 e. The maximum absolute atomic E-state index is 13.2.